The number of urea groups is 1. The molecule has 0 heterocycles. The Bertz CT molecular complexity index is 416. The van der Waals surface area contributed by atoms with Crippen LogP contribution in [0.2, 0.25) is 0 Å². The number of amides is 2. The van der Waals surface area contributed by atoms with Gasteiger partial charge in [0.15, 0.2) is 0 Å². The van der Waals surface area contributed by atoms with E-state index < -0.39 is 6.03 Å². The zero-order chi connectivity index (χ0) is 14.9. The van der Waals surface area contributed by atoms with E-state index in [0.717, 1.165) is 5.56 Å². The largest absolute Gasteiger partial charge is 2.00 e. The number of nitrogens with zero attached hydrogens (tertiary/aromatic N) is 2. The van der Waals surface area contributed by atoms with Crippen molar-refractivity contribution in [2.75, 3.05) is 0 Å². The second-order valence-corrected chi connectivity index (χ2v) is 4.45. The first kappa shape index (κ1) is 19.1. The molecule has 0 aromatic heterocycles. The quantitative estimate of drug-likeness (QED) is 0.712. The second-order valence-electron chi connectivity index (χ2n) is 4.45. The van der Waals surface area contributed by atoms with Crippen molar-refractivity contribution in [3.63, 3.8) is 0 Å². The molecule has 22 heavy (non-hydrogen) atoms. The van der Waals surface area contributed by atoms with Gasteiger partial charge >= 0.3 is 17.1 Å². The van der Waals surface area contributed by atoms with Crippen LogP contribution in [-0.4, -0.2) is 6.03 Å². The van der Waals surface area contributed by atoms with Gasteiger partial charge in [-0.05, 0) is 70.7 Å². The minimum absolute atomic E-state index is 0. The third-order valence-corrected chi connectivity index (χ3v) is 2.68. The van der Waals surface area contributed by atoms with E-state index in [1.165, 1.54) is 0 Å². The summed E-state index contributed by atoms with van der Waals surface area (Å²) in [5, 5.41) is 7.70. The minimum atomic E-state index is -0.477. The fourth-order valence-corrected chi connectivity index (χ4v) is 1.62. The molecule has 0 spiro atoms. The van der Waals surface area contributed by atoms with Gasteiger partial charge in [0.05, 0.1) is 0 Å². The Balaban J connectivity index is 0.000000344. The van der Waals surface area contributed by atoms with Crippen LogP contribution < -0.4 is 0 Å². The number of hydrogen-bond acceptors (Lipinski definition) is 1. The van der Waals surface area contributed by atoms with Crippen LogP contribution in [0, 0.1) is 70.8 Å². The van der Waals surface area contributed by atoms with Gasteiger partial charge in [-0.25, -0.2) is 0 Å². The Labute approximate surface area is 145 Å². The summed E-state index contributed by atoms with van der Waals surface area (Å²) in [6.07, 6.45) is 17.2. The predicted octanol–water partition coefficient (Wildman–Crippen LogP) is 4.88. The van der Waals surface area contributed by atoms with Gasteiger partial charge in [0.1, 0.15) is 0 Å². The molecular formula is C18H16FeN2O. The van der Waals surface area contributed by atoms with Crippen LogP contribution in [-0.2, 0) is 17.1 Å². The van der Waals surface area contributed by atoms with Gasteiger partial charge in [-0.3, -0.25) is 0 Å². The van der Waals surface area contributed by atoms with Crippen LogP contribution in [0.4, 0.5) is 10.5 Å². The Morgan fingerprint density at radius 3 is 1.77 bits per heavy atom. The average Bonchev–Trinajstić information content (AvgIpc) is 3.16. The van der Waals surface area contributed by atoms with Crippen molar-refractivity contribution in [2.45, 2.75) is 6.92 Å². The van der Waals surface area contributed by atoms with Gasteiger partial charge in [-0.1, -0.05) is 29.8 Å². The molecule has 0 saturated heterocycles. The van der Waals surface area contributed by atoms with E-state index in [2.05, 4.69) is 10.6 Å². The number of benzene rings is 1. The summed E-state index contributed by atoms with van der Waals surface area (Å²) in [6.45, 7) is 1.99. The fraction of sp³-hybridized carbons (Fsp3) is 0.0556. The molecule has 3 nitrogen and oxygen atoms in total. The maximum atomic E-state index is 11.4. The number of carbonyl (C=O) groups excluding carboxylic acids is 1. The molecule has 1 aromatic rings. The summed E-state index contributed by atoms with van der Waals surface area (Å²) < 4.78 is 0. The maximum absolute atomic E-state index is 11.4. The smallest absolute Gasteiger partial charge is 0.664 e. The molecule has 0 atom stereocenters. The predicted molar refractivity (Wildman–Crippen MR) is 84.9 cm³/mol. The van der Waals surface area contributed by atoms with Crippen LogP contribution in [0.5, 0.6) is 0 Å². The summed E-state index contributed by atoms with van der Waals surface area (Å²) in [5.41, 5.74) is 1.77. The Morgan fingerprint density at radius 1 is 0.773 bits per heavy atom. The van der Waals surface area contributed by atoms with E-state index >= 15 is 0 Å². The third kappa shape index (κ3) is 7.33. The topological polar surface area (TPSA) is 45.3 Å². The zero-order valence-corrected chi connectivity index (χ0v) is 13.3. The van der Waals surface area contributed by atoms with Gasteiger partial charge in [0, 0.05) is 0 Å². The Kier molecular flexibility index (Phi) is 9.26. The fourth-order valence-electron chi connectivity index (χ4n) is 1.62. The molecule has 112 valence electrons. The van der Waals surface area contributed by atoms with E-state index in [1.807, 2.05) is 64.0 Å². The van der Waals surface area contributed by atoms with Crippen molar-refractivity contribution < 1.29 is 21.9 Å². The van der Waals surface area contributed by atoms with E-state index in [0.29, 0.717) is 11.7 Å². The van der Waals surface area contributed by atoms with Crippen molar-refractivity contribution in [2.24, 2.45) is 0 Å². The summed E-state index contributed by atoms with van der Waals surface area (Å²) in [5.74, 6) is 0. The molecule has 4 heteroatoms. The Hall–Kier alpha value is -0.991. The first-order valence-corrected chi connectivity index (χ1v) is 6.66. The van der Waals surface area contributed by atoms with Crippen molar-refractivity contribution in [1.29, 1.82) is 0 Å². The number of carbonyl (C=O) groups is 1. The van der Waals surface area contributed by atoms with Crippen molar-refractivity contribution in [1.82, 2.24) is 0 Å². The summed E-state index contributed by atoms with van der Waals surface area (Å²) >= 11 is 0. The van der Waals surface area contributed by atoms with Gasteiger partial charge in [-0.2, -0.15) is 0 Å². The maximum Gasteiger partial charge on any atom is 2.00 e. The molecule has 2 aliphatic carbocycles. The Morgan fingerprint density at radius 2 is 1.27 bits per heavy atom. The van der Waals surface area contributed by atoms with E-state index in [1.54, 1.807) is 25.0 Å². The van der Waals surface area contributed by atoms with Crippen LogP contribution in [0.25, 0.3) is 10.6 Å². The monoisotopic (exact) mass is 332 g/mol. The summed E-state index contributed by atoms with van der Waals surface area (Å²) in [7, 11) is 0. The van der Waals surface area contributed by atoms with E-state index in [4.69, 9.17) is 0 Å². The molecule has 3 rings (SSSR count). The molecule has 0 N–H and O–H groups in total. The minimum Gasteiger partial charge on any atom is -0.664 e. The van der Waals surface area contributed by atoms with Gasteiger partial charge in [0.2, 0.25) is 0 Å². The van der Waals surface area contributed by atoms with Gasteiger partial charge < -0.3 is 15.4 Å². The number of aryl methyl sites for hydroxylation is 1. The number of hydrogen-bond donors (Lipinski definition) is 0. The van der Waals surface area contributed by atoms with E-state index in [9.17, 15) is 4.79 Å². The van der Waals surface area contributed by atoms with Crippen LogP contribution in [0.15, 0.2) is 24.3 Å². The van der Waals surface area contributed by atoms with Crippen molar-refractivity contribution in [3.05, 3.63) is 104 Å². The third-order valence-electron chi connectivity index (χ3n) is 2.68. The van der Waals surface area contributed by atoms with E-state index in [-0.39, 0.29) is 17.1 Å². The van der Waals surface area contributed by atoms with Crippen molar-refractivity contribution >= 4 is 11.7 Å². The summed E-state index contributed by atoms with van der Waals surface area (Å²) in [6, 6.07) is 7.58. The first-order chi connectivity index (χ1) is 10.2. The van der Waals surface area contributed by atoms with Gasteiger partial charge in [0.25, 0.3) is 0 Å². The van der Waals surface area contributed by atoms with Crippen LogP contribution >= 0.6 is 0 Å². The normalized spacial score (nSPS) is 17.1. The molecule has 0 bridgehead atoms. The second kappa shape index (κ2) is 10.7. The first-order valence-electron chi connectivity index (χ1n) is 6.66. The molecule has 2 saturated carbocycles. The summed E-state index contributed by atoms with van der Waals surface area (Å²) in [4.78, 5) is 11.4. The molecule has 10 radical (unpaired) electrons. The zero-order valence-electron chi connectivity index (χ0n) is 12.2. The average molecular weight is 332 g/mol. The van der Waals surface area contributed by atoms with Gasteiger partial charge in [-0.15, -0.1) is 11.7 Å². The molecule has 0 aliphatic heterocycles. The van der Waals surface area contributed by atoms with Crippen LogP contribution in [0.1, 0.15) is 5.56 Å². The standard InChI is InChI=1S/C13H12N2O.C5H5.Fe/c1-10-6-8-12(9-7-10)15-13(16)14-11-4-2-3-5-11;1-2-4-5-3-1;/h2-9H,1H3,(H-,14,15,16);1-5H;/q-1;;+2/p-1. The molecule has 2 amide bonds. The van der Waals surface area contributed by atoms with Crippen molar-refractivity contribution in [3.8, 4) is 0 Å². The SMILES string of the molecule is Cc1ccc([N-]C(=O)[N-][C]2[CH][CH][CH][CH]2)cc1.[CH]1[CH][CH][CH][CH]1.[Fe+2]. The molecular weight excluding hydrogens is 316 g/mol. The molecule has 1 aromatic carbocycles. The molecule has 2 aliphatic rings. The molecule has 0 unspecified atom stereocenters. The van der Waals surface area contributed by atoms with Crippen LogP contribution in [0.3, 0.4) is 0 Å². The number of rotatable bonds is 2. The molecule has 2 fully saturated rings.